The molecule has 0 saturated heterocycles. The Kier molecular flexibility index (Phi) is 3.44. The fraction of sp³-hybridized carbons (Fsp3) is 0.467. The van der Waals surface area contributed by atoms with Crippen molar-refractivity contribution in [2.45, 2.75) is 38.1 Å². The van der Waals surface area contributed by atoms with Crippen LogP contribution in [0.4, 0.5) is 0 Å². The van der Waals surface area contributed by atoms with Gasteiger partial charge in [0, 0.05) is 5.56 Å². The first-order chi connectivity index (χ1) is 9.71. The molecular weight excluding hydrogens is 254 g/mol. The molecule has 2 aromatic rings. The maximum absolute atomic E-state index is 6.20. The lowest BCUT2D eigenvalue weighted by molar-refractivity contribution is 0.229. The predicted molar refractivity (Wildman–Crippen MR) is 75.2 cm³/mol. The number of aromatic nitrogens is 2. The zero-order valence-corrected chi connectivity index (χ0v) is 11.6. The van der Waals surface area contributed by atoms with Gasteiger partial charge in [0.25, 0.3) is 5.89 Å². The lowest BCUT2D eigenvalue weighted by Crippen LogP contribution is -2.44. The topological polar surface area (TPSA) is 74.2 Å². The van der Waals surface area contributed by atoms with Crippen molar-refractivity contribution >= 4 is 0 Å². The maximum atomic E-state index is 6.20. The molecule has 0 atom stereocenters. The van der Waals surface area contributed by atoms with Crippen LogP contribution in [0, 0.1) is 0 Å². The highest BCUT2D eigenvalue weighted by Crippen LogP contribution is 2.37. The van der Waals surface area contributed by atoms with Gasteiger partial charge in [0.2, 0.25) is 0 Å². The molecule has 0 spiro atoms. The van der Waals surface area contributed by atoms with Gasteiger partial charge in [-0.25, -0.2) is 0 Å². The van der Waals surface area contributed by atoms with Crippen molar-refractivity contribution < 1.29 is 9.26 Å². The Morgan fingerprint density at radius 1 is 1.40 bits per heavy atom. The Morgan fingerprint density at radius 3 is 2.95 bits per heavy atom. The van der Waals surface area contributed by atoms with Crippen LogP contribution in [0.3, 0.4) is 0 Å². The molecule has 1 aliphatic carbocycles. The van der Waals surface area contributed by atoms with Gasteiger partial charge in [-0.2, -0.15) is 4.98 Å². The Morgan fingerprint density at radius 2 is 2.25 bits per heavy atom. The first-order valence-electron chi connectivity index (χ1n) is 7.07. The molecule has 0 amide bonds. The molecule has 1 fully saturated rings. The highest BCUT2D eigenvalue weighted by atomic mass is 16.5. The number of hydrogen-bond acceptors (Lipinski definition) is 5. The van der Waals surface area contributed by atoms with Crippen molar-refractivity contribution in [3.63, 3.8) is 0 Å². The van der Waals surface area contributed by atoms with E-state index in [1.807, 2.05) is 24.3 Å². The van der Waals surface area contributed by atoms with Gasteiger partial charge < -0.3 is 15.0 Å². The molecular formula is C15H19N3O2. The number of nitrogens with zero attached hydrogens (tertiary/aromatic N) is 2. The van der Waals surface area contributed by atoms with E-state index in [4.69, 9.17) is 15.0 Å². The van der Waals surface area contributed by atoms with E-state index in [-0.39, 0.29) is 0 Å². The molecule has 0 radical (unpaired) electrons. The van der Waals surface area contributed by atoms with Crippen LogP contribution in [0.25, 0.3) is 11.5 Å². The lowest BCUT2D eigenvalue weighted by Gasteiger charge is -2.34. The average Bonchev–Trinajstić information content (AvgIpc) is 2.93. The van der Waals surface area contributed by atoms with Gasteiger partial charge in [-0.15, -0.1) is 0 Å². The highest BCUT2D eigenvalue weighted by Gasteiger charge is 2.39. The van der Waals surface area contributed by atoms with Gasteiger partial charge in [0.05, 0.1) is 12.1 Å². The second-order valence-corrected chi connectivity index (χ2v) is 5.31. The molecule has 1 saturated carbocycles. The van der Waals surface area contributed by atoms with Crippen LogP contribution in [-0.2, 0) is 5.54 Å². The summed E-state index contributed by atoms with van der Waals surface area (Å²) in [7, 11) is 0. The average molecular weight is 273 g/mol. The molecule has 0 unspecified atom stereocenters. The van der Waals surface area contributed by atoms with E-state index in [0.29, 0.717) is 18.3 Å². The summed E-state index contributed by atoms with van der Waals surface area (Å²) in [5.74, 6) is 1.92. The summed E-state index contributed by atoms with van der Waals surface area (Å²) in [5, 5.41) is 4.03. The number of ether oxygens (including phenoxy) is 1. The first kappa shape index (κ1) is 13.1. The van der Waals surface area contributed by atoms with E-state index >= 15 is 0 Å². The van der Waals surface area contributed by atoms with Crippen LogP contribution >= 0.6 is 0 Å². The molecule has 20 heavy (non-hydrogen) atoms. The third-order valence-electron chi connectivity index (χ3n) is 3.67. The van der Waals surface area contributed by atoms with E-state index in [1.165, 1.54) is 0 Å². The SMILES string of the molecule is CCCOc1cccc(-c2nc(C3(N)CCC3)no2)c1. The molecule has 106 valence electrons. The van der Waals surface area contributed by atoms with Gasteiger partial charge in [-0.1, -0.05) is 18.1 Å². The van der Waals surface area contributed by atoms with Crippen LogP contribution < -0.4 is 10.5 Å². The predicted octanol–water partition coefficient (Wildman–Crippen LogP) is 2.86. The van der Waals surface area contributed by atoms with E-state index < -0.39 is 5.54 Å². The molecule has 5 heteroatoms. The number of benzene rings is 1. The van der Waals surface area contributed by atoms with Crippen LogP contribution in [0.15, 0.2) is 28.8 Å². The largest absolute Gasteiger partial charge is 0.494 e. The monoisotopic (exact) mass is 273 g/mol. The molecule has 3 rings (SSSR count). The van der Waals surface area contributed by atoms with E-state index in [0.717, 1.165) is 37.0 Å². The fourth-order valence-electron chi connectivity index (χ4n) is 2.26. The second kappa shape index (κ2) is 5.25. The van der Waals surface area contributed by atoms with Crippen molar-refractivity contribution in [2.75, 3.05) is 6.61 Å². The lowest BCUT2D eigenvalue weighted by atomic mass is 9.77. The van der Waals surface area contributed by atoms with Gasteiger partial charge in [0.15, 0.2) is 5.82 Å². The minimum atomic E-state index is -0.391. The minimum absolute atomic E-state index is 0.391. The standard InChI is InChI=1S/C15H19N3O2/c1-2-9-19-12-6-3-5-11(10-12)13-17-14(18-20-13)15(16)7-4-8-15/h3,5-6,10H,2,4,7-9,16H2,1H3. The summed E-state index contributed by atoms with van der Waals surface area (Å²) in [6, 6.07) is 7.69. The number of nitrogens with two attached hydrogens (primary N) is 1. The van der Waals surface area contributed by atoms with Crippen LogP contribution in [0.1, 0.15) is 38.4 Å². The Hall–Kier alpha value is -1.88. The summed E-state index contributed by atoms with van der Waals surface area (Å²) in [6.45, 7) is 2.78. The fourth-order valence-corrected chi connectivity index (χ4v) is 2.26. The van der Waals surface area contributed by atoms with Crippen molar-refractivity contribution in [2.24, 2.45) is 5.73 Å². The Bertz CT molecular complexity index is 590. The summed E-state index contributed by atoms with van der Waals surface area (Å²) < 4.78 is 10.9. The number of hydrogen-bond donors (Lipinski definition) is 1. The van der Waals surface area contributed by atoms with Gasteiger partial charge >= 0.3 is 0 Å². The molecule has 0 aliphatic heterocycles. The Labute approximate surface area is 118 Å². The summed E-state index contributed by atoms with van der Waals surface area (Å²) >= 11 is 0. The molecule has 1 heterocycles. The third-order valence-corrected chi connectivity index (χ3v) is 3.67. The minimum Gasteiger partial charge on any atom is -0.494 e. The molecule has 1 aromatic carbocycles. The zero-order valence-electron chi connectivity index (χ0n) is 11.6. The second-order valence-electron chi connectivity index (χ2n) is 5.31. The molecule has 0 bridgehead atoms. The van der Waals surface area contributed by atoms with Crippen molar-refractivity contribution in [1.82, 2.24) is 10.1 Å². The van der Waals surface area contributed by atoms with Crippen molar-refractivity contribution in [3.05, 3.63) is 30.1 Å². The molecule has 1 aliphatic rings. The summed E-state index contributed by atoms with van der Waals surface area (Å²) in [4.78, 5) is 4.44. The van der Waals surface area contributed by atoms with Gasteiger partial charge in [-0.3, -0.25) is 0 Å². The highest BCUT2D eigenvalue weighted by molar-refractivity contribution is 5.55. The summed E-state index contributed by atoms with van der Waals surface area (Å²) in [6.07, 6.45) is 3.95. The van der Waals surface area contributed by atoms with Gasteiger partial charge in [-0.05, 0) is 43.9 Å². The zero-order chi connectivity index (χ0) is 14.0. The van der Waals surface area contributed by atoms with E-state index in [2.05, 4.69) is 17.1 Å². The molecule has 1 aromatic heterocycles. The van der Waals surface area contributed by atoms with E-state index in [1.54, 1.807) is 0 Å². The van der Waals surface area contributed by atoms with Crippen LogP contribution in [0.2, 0.25) is 0 Å². The molecule has 2 N–H and O–H groups in total. The van der Waals surface area contributed by atoms with Crippen molar-refractivity contribution in [1.29, 1.82) is 0 Å². The maximum Gasteiger partial charge on any atom is 0.258 e. The third kappa shape index (κ3) is 2.41. The quantitative estimate of drug-likeness (QED) is 0.906. The van der Waals surface area contributed by atoms with Crippen molar-refractivity contribution in [3.8, 4) is 17.2 Å². The van der Waals surface area contributed by atoms with Crippen LogP contribution in [0.5, 0.6) is 5.75 Å². The van der Waals surface area contributed by atoms with Gasteiger partial charge in [0.1, 0.15) is 5.75 Å². The summed E-state index contributed by atoms with van der Waals surface area (Å²) in [5.41, 5.74) is 6.67. The Balaban J connectivity index is 1.82. The normalized spacial score (nSPS) is 16.7. The first-order valence-corrected chi connectivity index (χ1v) is 7.07. The van der Waals surface area contributed by atoms with E-state index in [9.17, 15) is 0 Å². The van der Waals surface area contributed by atoms with Crippen LogP contribution in [-0.4, -0.2) is 16.7 Å². The smallest absolute Gasteiger partial charge is 0.258 e. The molecule has 5 nitrogen and oxygen atoms in total. The number of rotatable bonds is 5.